The molecule has 1 rings (SSSR count). The fourth-order valence-electron chi connectivity index (χ4n) is 2.04. The van der Waals surface area contributed by atoms with Crippen molar-refractivity contribution in [2.75, 3.05) is 13.7 Å². The summed E-state index contributed by atoms with van der Waals surface area (Å²) in [5, 5.41) is 0. The van der Waals surface area contributed by atoms with E-state index in [-0.39, 0.29) is 0 Å². The monoisotopic (exact) mass is 168 g/mol. The molecule has 0 aromatic carbocycles. The van der Waals surface area contributed by atoms with Crippen LogP contribution in [0.4, 0.5) is 0 Å². The molecule has 0 spiro atoms. The Morgan fingerprint density at radius 2 is 2.42 bits per heavy atom. The molecule has 0 amide bonds. The van der Waals surface area contributed by atoms with Crippen molar-refractivity contribution in [3.8, 4) is 0 Å². The molecule has 1 heteroatoms. The van der Waals surface area contributed by atoms with Crippen molar-refractivity contribution in [2.24, 2.45) is 11.3 Å². The number of rotatable bonds is 4. The molecule has 0 aromatic rings. The van der Waals surface area contributed by atoms with Crippen molar-refractivity contribution in [2.45, 2.75) is 32.6 Å². The smallest absolute Gasteiger partial charge is 0.0467 e. The van der Waals surface area contributed by atoms with E-state index in [1.807, 2.05) is 0 Å². The van der Waals surface area contributed by atoms with Gasteiger partial charge in [0.25, 0.3) is 0 Å². The molecule has 0 heterocycles. The Hall–Kier alpha value is -0.0400. The summed E-state index contributed by atoms with van der Waals surface area (Å²) in [5.41, 5.74) is 0.429. The van der Waals surface area contributed by atoms with Gasteiger partial charge in [0.1, 0.15) is 0 Å². The summed E-state index contributed by atoms with van der Waals surface area (Å²) in [4.78, 5) is 0. The van der Waals surface area contributed by atoms with Gasteiger partial charge in [0.15, 0.2) is 0 Å². The van der Waals surface area contributed by atoms with E-state index in [9.17, 15) is 0 Å². The van der Waals surface area contributed by atoms with Crippen molar-refractivity contribution in [3.05, 3.63) is 13.3 Å². The second-order valence-electron chi connectivity index (χ2n) is 4.20. The van der Waals surface area contributed by atoms with Crippen LogP contribution in [0.5, 0.6) is 0 Å². The van der Waals surface area contributed by atoms with Gasteiger partial charge in [-0.3, -0.25) is 0 Å². The first kappa shape index (κ1) is 10.0. The van der Waals surface area contributed by atoms with Gasteiger partial charge in [-0.2, -0.15) is 0 Å². The minimum absolute atomic E-state index is 0.429. The highest BCUT2D eigenvalue weighted by molar-refractivity contribution is 4.98. The summed E-state index contributed by atoms with van der Waals surface area (Å²) in [6, 6.07) is 0. The average Bonchev–Trinajstić information content (AvgIpc) is 2.45. The Labute approximate surface area is 76.5 Å². The van der Waals surface area contributed by atoms with E-state index in [1.165, 1.54) is 19.3 Å². The van der Waals surface area contributed by atoms with Crippen LogP contribution in [0.1, 0.15) is 32.6 Å². The third-order valence-electron chi connectivity index (χ3n) is 2.98. The second-order valence-corrected chi connectivity index (χ2v) is 4.20. The Kier molecular flexibility index (Phi) is 3.57. The molecular formula is C11H20O. The molecule has 0 aliphatic heterocycles. The lowest BCUT2D eigenvalue weighted by molar-refractivity contribution is 0.156. The molecule has 0 saturated heterocycles. The number of hydrogen-bond acceptors (Lipinski definition) is 1. The van der Waals surface area contributed by atoms with Crippen LogP contribution in [0.3, 0.4) is 0 Å². The Morgan fingerprint density at radius 1 is 1.67 bits per heavy atom. The first-order valence-corrected chi connectivity index (χ1v) is 4.83. The summed E-state index contributed by atoms with van der Waals surface area (Å²) in [6.45, 7) is 7.18. The second kappa shape index (κ2) is 4.27. The summed E-state index contributed by atoms with van der Waals surface area (Å²) >= 11 is 0. The quantitative estimate of drug-likeness (QED) is 0.627. The normalized spacial score (nSPS) is 35.8. The zero-order chi connectivity index (χ0) is 9.03. The Balaban J connectivity index is 2.31. The standard InChI is InChI=1S/C11H20O/c1-4-10-5-6-11(2,9-10)7-8-12-3/h6,10H,1,4-5,7-9H2,2-3H3. The molecule has 1 aliphatic rings. The highest BCUT2D eigenvalue weighted by Crippen LogP contribution is 2.44. The maximum absolute atomic E-state index is 5.10. The predicted molar refractivity (Wildman–Crippen MR) is 51.6 cm³/mol. The van der Waals surface area contributed by atoms with E-state index in [2.05, 4.69) is 20.3 Å². The van der Waals surface area contributed by atoms with Crippen molar-refractivity contribution >= 4 is 0 Å². The van der Waals surface area contributed by atoms with Crippen LogP contribution in [0.2, 0.25) is 0 Å². The van der Waals surface area contributed by atoms with Gasteiger partial charge in [0.2, 0.25) is 0 Å². The zero-order valence-corrected chi connectivity index (χ0v) is 8.31. The lowest BCUT2D eigenvalue weighted by Crippen LogP contribution is -2.15. The van der Waals surface area contributed by atoms with Crippen LogP contribution >= 0.6 is 0 Å². The topological polar surface area (TPSA) is 9.23 Å². The SMILES string of the molecule is [CH2]CC1C[CH]C(C)(CCOC)C1. The minimum Gasteiger partial charge on any atom is -0.385 e. The fraction of sp³-hybridized carbons (Fsp3) is 0.818. The third kappa shape index (κ3) is 2.48. The van der Waals surface area contributed by atoms with Crippen LogP contribution in [0, 0.1) is 24.7 Å². The summed E-state index contributed by atoms with van der Waals surface area (Å²) in [7, 11) is 1.77. The fourth-order valence-corrected chi connectivity index (χ4v) is 2.04. The molecule has 12 heavy (non-hydrogen) atoms. The zero-order valence-electron chi connectivity index (χ0n) is 8.31. The van der Waals surface area contributed by atoms with E-state index < -0.39 is 0 Å². The van der Waals surface area contributed by atoms with Crippen molar-refractivity contribution < 1.29 is 4.74 Å². The van der Waals surface area contributed by atoms with Crippen molar-refractivity contribution in [1.82, 2.24) is 0 Å². The van der Waals surface area contributed by atoms with Crippen LogP contribution in [0.15, 0.2) is 0 Å². The molecule has 70 valence electrons. The van der Waals surface area contributed by atoms with E-state index >= 15 is 0 Å². The molecule has 1 nitrogen and oxygen atoms in total. The predicted octanol–water partition coefficient (Wildman–Crippen LogP) is 2.87. The van der Waals surface area contributed by atoms with Crippen LogP contribution in [0.25, 0.3) is 0 Å². The first-order valence-electron chi connectivity index (χ1n) is 4.83. The molecular weight excluding hydrogens is 148 g/mol. The van der Waals surface area contributed by atoms with Crippen LogP contribution < -0.4 is 0 Å². The molecule has 0 bridgehead atoms. The van der Waals surface area contributed by atoms with E-state index in [0.717, 1.165) is 18.9 Å². The number of ether oxygens (including phenoxy) is 1. The van der Waals surface area contributed by atoms with Gasteiger partial charge in [-0.25, -0.2) is 0 Å². The van der Waals surface area contributed by atoms with E-state index in [1.54, 1.807) is 7.11 Å². The number of hydrogen-bond donors (Lipinski definition) is 0. The van der Waals surface area contributed by atoms with Gasteiger partial charge in [-0.1, -0.05) is 20.3 Å². The largest absolute Gasteiger partial charge is 0.385 e. The van der Waals surface area contributed by atoms with E-state index in [4.69, 9.17) is 4.74 Å². The Morgan fingerprint density at radius 3 is 2.92 bits per heavy atom. The molecule has 0 N–H and O–H groups in total. The lowest BCUT2D eigenvalue weighted by Gasteiger charge is -2.23. The highest BCUT2D eigenvalue weighted by atomic mass is 16.5. The van der Waals surface area contributed by atoms with Gasteiger partial charge in [0.05, 0.1) is 0 Å². The van der Waals surface area contributed by atoms with Gasteiger partial charge >= 0.3 is 0 Å². The van der Waals surface area contributed by atoms with Gasteiger partial charge in [-0.15, -0.1) is 0 Å². The first-order chi connectivity index (χ1) is 5.70. The van der Waals surface area contributed by atoms with Crippen molar-refractivity contribution in [3.63, 3.8) is 0 Å². The number of methoxy groups -OCH3 is 1. The molecule has 2 radical (unpaired) electrons. The van der Waals surface area contributed by atoms with Gasteiger partial charge in [0, 0.05) is 13.7 Å². The van der Waals surface area contributed by atoms with Gasteiger partial charge in [-0.05, 0) is 37.0 Å². The molecule has 1 aliphatic carbocycles. The minimum atomic E-state index is 0.429. The van der Waals surface area contributed by atoms with Gasteiger partial charge < -0.3 is 4.74 Å². The summed E-state index contributed by atoms with van der Waals surface area (Å²) < 4.78 is 5.10. The van der Waals surface area contributed by atoms with Crippen molar-refractivity contribution in [1.29, 1.82) is 0 Å². The Bertz CT molecular complexity index is 133. The maximum atomic E-state index is 5.10. The molecule has 1 fully saturated rings. The maximum Gasteiger partial charge on any atom is 0.0467 e. The summed E-state index contributed by atoms with van der Waals surface area (Å²) in [6.07, 6.45) is 7.27. The third-order valence-corrected chi connectivity index (χ3v) is 2.98. The van der Waals surface area contributed by atoms with Crippen LogP contribution in [-0.4, -0.2) is 13.7 Å². The molecule has 1 saturated carbocycles. The summed E-state index contributed by atoms with van der Waals surface area (Å²) in [5.74, 6) is 0.826. The average molecular weight is 168 g/mol. The van der Waals surface area contributed by atoms with E-state index in [0.29, 0.717) is 5.41 Å². The lowest BCUT2D eigenvalue weighted by atomic mass is 9.84. The molecule has 2 unspecified atom stereocenters. The molecule has 2 atom stereocenters. The highest BCUT2D eigenvalue weighted by Gasteiger charge is 2.33. The van der Waals surface area contributed by atoms with Crippen LogP contribution in [-0.2, 0) is 4.74 Å². The molecule has 0 aromatic heterocycles.